The van der Waals surface area contributed by atoms with Crippen molar-refractivity contribution >= 4 is 22.4 Å². The third-order valence-corrected chi connectivity index (χ3v) is 4.22. The molecule has 0 bridgehead atoms. The number of ether oxygens (including phenoxy) is 1. The molecule has 13 heavy (non-hydrogen) atoms. The molecule has 1 fully saturated rings. The Morgan fingerprint density at radius 1 is 1.62 bits per heavy atom. The van der Waals surface area contributed by atoms with Gasteiger partial charge in [0.1, 0.15) is 0 Å². The zero-order chi connectivity index (χ0) is 10.1. The minimum Gasteiger partial charge on any atom is -0.374 e. The molecule has 0 aromatic heterocycles. The van der Waals surface area contributed by atoms with Gasteiger partial charge in [-0.3, -0.25) is 4.21 Å². The summed E-state index contributed by atoms with van der Waals surface area (Å²) in [5.41, 5.74) is -0.221. The van der Waals surface area contributed by atoms with Gasteiger partial charge in [-0.15, -0.1) is 11.6 Å². The van der Waals surface area contributed by atoms with Gasteiger partial charge in [0.2, 0.25) is 0 Å². The van der Waals surface area contributed by atoms with E-state index in [9.17, 15) is 4.21 Å². The highest BCUT2D eigenvalue weighted by Gasteiger charge is 2.41. The summed E-state index contributed by atoms with van der Waals surface area (Å²) in [4.78, 5) is 0. The number of hydrogen-bond acceptors (Lipinski definition) is 2. The van der Waals surface area contributed by atoms with Crippen molar-refractivity contribution in [1.82, 2.24) is 0 Å². The van der Waals surface area contributed by atoms with Crippen molar-refractivity contribution in [2.75, 3.05) is 18.6 Å². The molecule has 0 aromatic rings. The topological polar surface area (TPSA) is 26.3 Å². The molecule has 0 spiro atoms. The van der Waals surface area contributed by atoms with E-state index in [0.29, 0.717) is 12.5 Å². The molecule has 1 aliphatic heterocycles. The molecule has 3 unspecified atom stereocenters. The number of hydrogen-bond donors (Lipinski definition) is 0. The lowest BCUT2D eigenvalue weighted by atomic mass is 9.95. The molecule has 4 heteroatoms. The second-order valence-electron chi connectivity index (χ2n) is 4.14. The third kappa shape index (κ3) is 2.93. The maximum atomic E-state index is 10.9. The SMILES string of the molecule is CS(=O)CCC1COC(C)(C)C1Cl. The summed E-state index contributed by atoms with van der Waals surface area (Å²) in [6.07, 6.45) is 2.63. The molecule has 0 aliphatic carbocycles. The molecular formula is C9H17ClO2S. The molecule has 0 N–H and O–H groups in total. The van der Waals surface area contributed by atoms with E-state index in [1.807, 2.05) is 13.8 Å². The average molecular weight is 225 g/mol. The normalized spacial score (nSPS) is 34.8. The van der Waals surface area contributed by atoms with Crippen molar-refractivity contribution in [2.24, 2.45) is 5.92 Å². The highest BCUT2D eigenvalue weighted by molar-refractivity contribution is 7.84. The summed E-state index contributed by atoms with van der Waals surface area (Å²) in [6.45, 7) is 4.72. The van der Waals surface area contributed by atoms with Gasteiger partial charge in [0.15, 0.2) is 0 Å². The van der Waals surface area contributed by atoms with Crippen LogP contribution < -0.4 is 0 Å². The van der Waals surface area contributed by atoms with Gasteiger partial charge in [0.25, 0.3) is 0 Å². The maximum absolute atomic E-state index is 10.9. The van der Waals surface area contributed by atoms with Crippen LogP contribution in [0, 0.1) is 5.92 Å². The zero-order valence-electron chi connectivity index (χ0n) is 8.38. The number of rotatable bonds is 3. The Hall–Kier alpha value is 0.400. The molecule has 0 amide bonds. The minimum absolute atomic E-state index is 0.0519. The second-order valence-corrected chi connectivity index (χ2v) is 6.17. The van der Waals surface area contributed by atoms with Gasteiger partial charge >= 0.3 is 0 Å². The molecule has 1 heterocycles. The Morgan fingerprint density at radius 3 is 2.62 bits per heavy atom. The quantitative estimate of drug-likeness (QED) is 0.684. The Morgan fingerprint density at radius 2 is 2.23 bits per heavy atom. The minimum atomic E-state index is -0.716. The summed E-state index contributed by atoms with van der Waals surface area (Å²) >= 11 is 6.23. The Labute approximate surface area is 87.4 Å². The van der Waals surface area contributed by atoms with E-state index < -0.39 is 10.8 Å². The number of halogens is 1. The van der Waals surface area contributed by atoms with Crippen LogP contribution in [0.2, 0.25) is 0 Å². The van der Waals surface area contributed by atoms with Crippen LogP contribution in [0.15, 0.2) is 0 Å². The molecule has 2 nitrogen and oxygen atoms in total. The van der Waals surface area contributed by atoms with Crippen molar-refractivity contribution in [3.8, 4) is 0 Å². The summed E-state index contributed by atoms with van der Waals surface area (Å²) in [5.74, 6) is 1.09. The molecule has 3 atom stereocenters. The lowest BCUT2D eigenvalue weighted by Gasteiger charge is -2.22. The van der Waals surface area contributed by atoms with Gasteiger partial charge in [-0.2, -0.15) is 0 Å². The predicted octanol–water partition coefficient (Wildman–Crippen LogP) is 1.79. The first-order chi connectivity index (χ1) is 5.93. The standard InChI is InChI=1S/C9H17ClO2S/c1-9(2)8(10)7(6-12-9)4-5-13(3)11/h7-8H,4-6H2,1-3H3. The van der Waals surface area contributed by atoms with Crippen LogP contribution in [-0.2, 0) is 15.5 Å². The van der Waals surface area contributed by atoms with E-state index in [1.54, 1.807) is 6.26 Å². The Kier molecular flexibility index (Phi) is 3.78. The second kappa shape index (κ2) is 4.28. The van der Waals surface area contributed by atoms with Gasteiger partial charge < -0.3 is 4.74 Å². The predicted molar refractivity (Wildman–Crippen MR) is 56.7 cm³/mol. The van der Waals surface area contributed by atoms with Crippen molar-refractivity contribution in [1.29, 1.82) is 0 Å². The van der Waals surface area contributed by atoms with Crippen molar-refractivity contribution < 1.29 is 8.95 Å². The first-order valence-corrected chi connectivity index (χ1v) is 6.68. The Balaban J connectivity index is 2.42. The van der Waals surface area contributed by atoms with Crippen LogP contribution in [-0.4, -0.2) is 33.8 Å². The van der Waals surface area contributed by atoms with Gasteiger partial charge in [0, 0.05) is 28.7 Å². The van der Waals surface area contributed by atoms with Gasteiger partial charge in [-0.25, -0.2) is 0 Å². The van der Waals surface area contributed by atoms with E-state index in [1.165, 1.54) is 0 Å². The highest BCUT2D eigenvalue weighted by atomic mass is 35.5. The molecule has 0 saturated carbocycles. The molecule has 0 radical (unpaired) electrons. The van der Waals surface area contributed by atoms with E-state index in [0.717, 1.165) is 12.2 Å². The largest absolute Gasteiger partial charge is 0.374 e. The van der Waals surface area contributed by atoms with Crippen molar-refractivity contribution in [3.63, 3.8) is 0 Å². The van der Waals surface area contributed by atoms with Crippen LogP contribution in [0.25, 0.3) is 0 Å². The molecule has 1 saturated heterocycles. The lowest BCUT2D eigenvalue weighted by molar-refractivity contribution is 0.0365. The average Bonchev–Trinajstić information content (AvgIpc) is 2.25. The molecule has 1 rings (SSSR count). The fourth-order valence-electron chi connectivity index (χ4n) is 1.60. The van der Waals surface area contributed by atoms with Crippen LogP contribution in [0.1, 0.15) is 20.3 Å². The smallest absolute Gasteiger partial charge is 0.0793 e. The van der Waals surface area contributed by atoms with E-state index in [-0.39, 0.29) is 11.0 Å². The zero-order valence-corrected chi connectivity index (χ0v) is 9.95. The summed E-state index contributed by atoms with van der Waals surface area (Å²) in [5, 5.41) is 0.0519. The van der Waals surface area contributed by atoms with E-state index >= 15 is 0 Å². The third-order valence-electron chi connectivity index (χ3n) is 2.52. The van der Waals surface area contributed by atoms with Gasteiger partial charge in [-0.05, 0) is 20.3 Å². The molecular weight excluding hydrogens is 208 g/mol. The molecule has 1 aliphatic rings. The van der Waals surface area contributed by atoms with Crippen LogP contribution in [0.3, 0.4) is 0 Å². The van der Waals surface area contributed by atoms with Crippen LogP contribution in [0.5, 0.6) is 0 Å². The van der Waals surface area contributed by atoms with Crippen LogP contribution >= 0.6 is 11.6 Å². The van der Waals surface area contributed by atoms with Crippen LogP contribution in [0.4, 0.5) is 0 Å². The summed E-state index contributed by atoms with van der Waals surface area (Å²) in [6, 6.07) is 0. The number of alkyl halides is 1. The fourth-order valence-corrected chi connectivity index (χ4v) is 2.50. The first kappa shape index (κ1) is 11.5. The monoisotopic (exact) mass is 224 g/mol. The lowest BCUT2D eigenvalue weighted by Crippen LogP contribution is -2.31. The highest BCUT2D eigenvalue weighted by Crippen LogP contribution is 2.35. The maximum Gasteiger partial charge on any atom is 0.0793 e. The van der Waals surface area contributed by atoms with Crippen molar-refractivity contribution in [2.45, 2.75) is 31.2 Å². The fraction of sp³-hybridized carbons (Fsp3) is 1.00. The Bertz CT molecular complexity index is 206. The molecule has 78 valence electrons. The van der Waals surface area contributed by atoms with Gasteiger partial charge in [-0.1, -0.05) is 0 Å². The van der Waals surface area contributed by atoms with Gasteiger partial charge in [0.05, 0.1) is 17.6 Å². The first-order valence-electron chi connectivity index (χ1n) is 4.51. The van der Waals surface area contributed by atoms with E-state index in [2.05, 4.69) is 0 Å². The molecule has 0 aromatic carbocycles. The summed E-state index contributed by atoms with van der Waals surface area (Å²) in [7, 11) is -0.716. The summed E-state index contributed by atoms with van der Waals surface area (Å²) < 4.78 is 16.5. The van der Waals surface area contributed by atoms with Crippen molar-refractivity contribution in [3.05, 3.63) is 0 Å². The van der Waals surface area contributed by atoms with E-state index in [4.69, 9.17) is 16.3 Å².